The van der Waals surface area contributed by atoms with Crippen LogP contribution in [0.4, 0.5) is 5.69 Å². The number of carboxylic acids is 1. The summed E-state index contributed by atoms with van der Waals surface area (Å²) < 4.78 is 0. The number of carbonyl (C=O) groups excluding carboxylic acids is 2. The van der Waals surface area contributed by atoms with Crippen molar-refractivity contribution in [3.8, 4) is 0 Å². The van der Waals surface area contributed by atoms with Gasteiger partial charge >= 0.3 is 5.97 Å². The van der Waals surface area contributed by atoms with Crippen molar-refractivity contribution in [2.45, 2.75) is 64.8 Å². The second-order valence-electron chi connectivity index (χ2n) is 7.87. The SMILES string of the molecule is Cc1ccc(C)c(NC(=O)CN(CCC(=O)NCCCCCC(=O)O)C2CC2)c1. The highest BCUT2D eigenvalue weighted by Crippen LogP contribution is 2.27. The maximum absolute atomic E-state index is 12.5. The molecule has 0 atom stereocenters. The van der Waals surface area contributed by atoms with Crippen LogP contribution < -0.4 is 10.6 Å². The Balaban J connectivity index is 1.69. The maximum Gasteiger partial charge on any atom is 0.303 e. The molecule has 1 aromatic carbocycles. The van der Waals surface area contributed by atoms with Crippen LogP contribution in [0.5, 0.6) is 0 Å². The minimum atomic E-state index is -0.782. The Morgan fingerprint density at radius 3 is 2.52 bits per heavy atom. The van der Waals surface area contributed by atoms with Crippen LogP contribution >= 0.6 is 0 Å². The maximum atomic E-state index is 12.5. The zero-order chi connectivity index (χ0) is 21.2. The van der Waals surface area contributed by atoms with E-state index in [1.165, 1.54) is 0 Å². The first-order chi connectivity index (χ1) is 13.8. The molecule has 0 heterocycles. The number of anilines is 1. The number of carbonyl (C=O) groups is 3. The molecule has 2 amide bonds. The lowest BCUT2D eigenvalue weighted by Gasteiger charge is -2.21. The second-order valence-corrected chi connectivity index (χ2v) is 7.87. The molecule has 0 unspecified atom stereocenters. The van der Waals surface area contributed by atoms with E-state index in [0.29, 0.717) is 38.5 Å². The number of carboxylic acid groups (broad SMARTS) is 1. The van der Waals surface area contributed by atoms with E-state index in [4.69, 9.17) is 5.11 Å². The Hall–Kier alpha value is -2.41. The molecule has 0 spiro atoms. The van der Waals surface area contributed by atoms with E-state index >= 15 is 0 Å². The van der Waals surface area contributed by atoms with Crippen LogP contribution in [0, 0.1) is 13.8 Å². The summed E-state index contributed by atoms with van der Waals surface area (Å²) in [5.74, 6) is -0.857. The minimum absolute atomic E-state index is 0.0242. The first kappa shape index (κ1) is 22.9. The molecule has 3 N–H and O–H groups in total. The summed E-state index contributed by atoms with van der Waals surface area (Å²) in [7, 11) is 0. The van der Waals surface area contributed by atoms with Crippen molar-refractivity contribution < 1.29 is 19.5 Å². The first-order valence-corrected chi connectivity index (χ1v) is 10.4. The number of aryl methyl sites for hydroxylation is 2. The average Bonchev–Trinajstić information content (AvgIpc) is 3.49. The topological polar surface area (TPSA) is 98.7 Å². The Morgan fingerprint density at radius 2 is 1.83 bits per heavy atom. The fraction of sp³-hybridized carbons (Fsp3) is 0.591. The van der Waals surface area contributed by atoms with E-state index in [-0.39, 0.29) is 18.2 Å². The van der Waals surface area contributed by atoms with Gasteiger partial charge in [-0.3, -0.25) is 19.3 Å². The van der Waals surface area contributed by atoms with Gasteiger partial charge in [0.1, 0.15) is 0 Å². The van der Waals surface area contributed by atoms with E-state index in [2.05, 4.69) is 15.5 Å². The minimum Gasteiger partial charge on any atom is -0.481 e. The van der Waals surface area contributed by atoms with Gasteiger partial charge in [0, 0.05) is 37.7 Å². The summed E-state index contributed by atoms with van der Waals surface area (Å²) in [6.45, 7) is 5.39. The molecule has 7 nitrogen and oxygen atoms in total. The molecule has 0 radical (unpaired) electrons. The summed E-state index contributed by atoms with van der Waals surface area (Å²) in [4.78, 5) is 37.1. The zero-order valence-electron chi connectivity index (χ0n) is 17.5. The van der Waals surface area contributed by atoms with Crippen molar-refractivity contribution in [3.05, 3.63) is 29.3 Å². The molecule has 2 rings (SSSR count). The third kappa shape index (κ3) is 9.09. The van der Waals surface area contributed by atoms with E-state index in [1.807, 2.05) is 32.0 Å². The number of hydrogen-bond acceptors (Lipinski definition) is 4. The smallest absolute Gasteiger partial charge is 0.303 e. The van der Waals surface area contributed by atoms with Crippen LogP contribution in [0.1, 0.15) is 56.1 Å². The van der Waals surface area contributed by atoms with E-state index in [9.17, 15) is 14.4 Å². The Morgan fingerprint density at radius 1 is 1.07 bits per heavy atom. The number of hydrogen-bond donors (Lipinski definition) is 3. The monoisotopic (exact) mass is 403 g/mol. The van der Waals surface area contributed by atoms with Gasteiger partial charge in [-0.1, -0.05) is 18.6 Å². The summed E-state index contributed by atoms with van der Waals surface area (Å²) in [6, 6.07) is 6.38. The zero-order valence-corrected chi connectivity index (χ0v) is 17.5. The number of rotatable bonds is 13. The van der Waals surface area contributed by atoms with Crippen molar-refractivity contribution in [3.63, 3.8) is 0 Å². The van der Waals surface area contributed by atoms with Gasteiger partial charge in [0.25, 0.3) is 0 Å². The highest BCUT2D eigenvalue weighted by Gasteiger charge is 2.30. The average molecular weight is 404 g/mol. The lowest BCUT2D eigenvalue weighted by atomic mass is 10.1. The number of amides is 2. The molecule has 1 aliphatic carbocycles. The molecular formula is C22H33N3O4. The van der Waals surface area contributed by atoms with E-state index in [1.54, 1.807) is 0 Å². The van der Waals surface area contributed by atoms with Crippen molar-refractivity contribution in [2.24, 2.45) is 0 Å². The predicted octanol–water partition coefficient (Wildman–Crippen LogP) is 2.86. The highest BCUT2D eigenvalue weighted by molar-refractivity contribution is 5.93. The van der Waals surface area contributed by atoms with Crippen LogP contribution in [-0.2, 0) is 14.4 Å². The molecule has 160 valence electrons. The fourth-order valence-corrected chi connectivity index (χ4v) is 3.21. The van der Waals surface area contributed by atoms with Crippen LogP contribution in [0.2, 0.25) is 0 Å². The van der Waals surface area contributed by atoms with Crippen molar-refractivity contribution in [2.75, 3.05) is 25.0 Å². The standard InChI is InChI=1S/C22H33N3O4/c1-16-7-8-17(2)19(14-16)24-21(27)15-25(18-9-10-18)13-11-20(26)23-12-5-3-4-6-22(28)29/h7-8,14,18H,3-6,9-13,15H2,1-2H3,(H,23,26)(H,24,27)(H,28,29). The molecule has 0 bridgehead atoms. The number of nitrogens with one attached hydrogen (secondary N) is 2. The molecule has 29 heavy (non-hydrogen) atoms. The Labute approximate surface area is 172 Å². The van der Waals surface area contributed by atoms with Gasteiger partial charge < -0.3 is 15.7 Å². The summed E-state index contributed by atoms with van der Waals surface area (Å²) in [5, 5.41) is 14.5. The number of aliphatic carboxylic acids is 1. The van der Waals surface area contributed by atoms with Gasteiger partial charge in [-0.05, 0) is 56.7 Å². The van der Waals surface area contributed by atoms with Crippen molar-refractivity contribution in [1.29, 1.82) is 0 Å². The lowest BCUT2D eigenvalue weighted by Crippen LogP contribution is -2.38. The first-order valence-electron chi connectivity index (χ1n) is 10.4. The normalized spacial score (nSPS) is 13.3. The van der Waals surface area contributed by atoms with Gasteiger partial charge in [-0.2, -0.15) is 0 Å². The Kier molecular flexibility index (Phi) is 9.12. The van der Waals surface area contributed by atoms with Gasteiger partial charge in [-0.15, -0.1) is 0 Å². The molecule has 1 fully saturated rings. The molecule has 0 saturated heterocycles. The van der Waals surface area contributed by atoms with Gasteiger partial charge in [0.05, 0.1) is 6.54 Å². The molecule has 1 aliphatic rings. The van der Waals surface area contributed by atoms with Crippen molar-refractivity contribution in [1.82, 2.24) is 10.2 Å². The van der Waals surface area contributed by atoms with Crippen LogP contribution in [0.15, 0.2) is 18.2 Å². The van der Waals surface area contributed by atoms with Crippen LogP contribution in [0.25, 0.3) is 0 Å². The van der Waals surface area contributed by atoms with Crippen LogP contribution in [0.3, 0.4) is 0 Å². The summed E-state index contributed by atoms with van der Waals surface area (Å²) in [6.07, 6.45) is 4.89. The fourth-order valence-electron chi connectivity index (χ4n) is 3.21. The van der Waals surface area contributed by atoms with Crippen molar-refractivity contribution >= 4 is 23.5 Å². The highest BCUT2D eigenvalue weighted by atomic mass is 16.4. The van der Waals surface area contributed by atoms with E-state index < -0.39 is 5.97 Å². The predicted molar refractivity (Wildman–Crippen MR) is 113 cm³/mol. The molecule has 7 heteroatoms. The number of unbranched alkanes of at least 4 members (excludes halogenated alkanes) is 2. The lowest BCUT2D eigenvalue weighted by molar-refractivity contribution is -0.137. The third-order valence-corrected chi connectivity index (χ3v) is 5.09. The number of nitrogens with zero attached hydrogens (tertiary/aromatic N) is 1. The van der Waals surface area contributed by atoms with Gasteiger partial charge in [0.15, 0.2) is 0 Å². The molecule has 1 aromatic rings. The molecule has 0 aromatic heterocycles. The third-order valence-electron chi connectivity index (χ3n) is 5.09. The number of benzene rings is 1. The quantitative estimate of drug-likeness (QED) is 0.440. The van der Waals surface area contributed by atoms with Gasteiger partial charge in [0.2, 0.25) is 11.8 Å². The Bertz CT molecular complexity index is 716. The largest absolute Gasteiger partial charge is 0.481 e. The summed E-state index contributed by atoms with van der Waals surface area (Å²) >= 11 is 0. The van der Waals surface area contributed by atoms with Crippen LogP contribution in [-0.4, -0.2) is 53.5 Å². The molecule has 0 aliphatic heterocycles. The molecular weight excluding hydrogens is 370 g/mol. The van der Waals surface area contributed by atoms with Gasteiger partial charge in [-0.25, -0.2) is 0 Å². The van der Waals surface area contributed by atoms with E-state index in [0.717, 1.165) is 42.5 Å². The molecule has 1 saturated carbocycles. The summed E-state index contributed by atoms with van der Waals surface area (Å²) in [5.41, 5.74) is 2.97. The second kappa shape index (κ2) is 11.6.